The molecule has 1 atom stereocenters. The Bertz CT molecular complexity index is 242. The van der Waals surface area contributed by atoms with E-state index < -0.39 is 0 Å². The quantitative estimate of drug-likeness (QED) is 0.381. The molecule has 0 N–H and O–H groups in total. The van der Waals surface area contributed by atoms with Crippen molar-refractivity contribution in [3.63, 3.8) is 0 Å². The number of ether oxygens (including phenoxy) is 2. The van der Waals surface area contributed by atoms with E-state index in [1.807, 2.05) is 0 Å². The maximum absolute atomic E-state index is 6.31. The maximum Gasteiger partial charge on any atom is 0.104 e. The normalized spacial score (nSPS) is 24.8. The van der Waals surface area contributed by atoms with Gasteiger partial charge in [-0.05, 0) is 19.3 Å². The predicted octanol–water partition coefficient (Wildman–Crippen LogP) is 5.25. The molecule has 2 heteroatoms. The highest BCUT2D eigenvalue weighted by Gasteiger charge is 2.35. The van der Waals surface area contributed by atoms with Crippen LogP contribution in [-0.4, -0.2) is 24.9 Å². The molecule has 0 aromatic carbocycles. The van der Waals surface area contributed by atoms with Crippen LogP contribution >= 0.6 is 0 Å². The molecule has 0 bridgehead atoms. The average molecular weight is 282 g/mol. The number of rotatable bonds is 11. The molecule has 118 valence electrons. The first-order valence-corrected chi connectivity index (χ1v) is 9.10. The topological polar surface area (TPSA) is 21.8 Å². The molecule has 20 heavy (non-hydrogen) atoms. The van der Waals surface area contributed by atoms with Crippen molar-refractivity contribution in [2.75, 3.05) is 13.2 Å². The van der Waals surface area contributed by atoms with Gasteiger partial charge in [0.05, 0.1) is 18.8 Å². The Balaban J connectivity index is 1.59. The third-order valence-corrected chi connectivity index (χ3v) is 4.98. The van der Waals surface area contributed by atoms with Crippen molar-refractivity contribution in [2.45, 2.75) is 102 Å². The SMILES string of the molecule is CCCCCCCCCC1(OCC2CO2)CCCCC1. The zero-order valence-electron chi connectivity index (χ0n) is 13.5. The summed E-state index contributed by atoms with van der Waals surface area (Å²) in [6.45, 7) is 4.05. The average Bonchev–Trinajstić information content (AvgIpc) is 3.30. The summed E-state index contributed by atoms with van der Waals surface area (Å²) in [4.78, 5) is 0. The highest BCUT2D eigenvalue weighted by Crippen LogP contribution is 2.36. The lowest BCUT2D eigenvalue weighted by Gasteiger charge is -2.37. The summed E-state index contributed by atoms with van der Waals surface area (Å²) in [5.74, 6) is 0. The Kier molecular flexibility index (Phi) is 7.37. The second-order valence-corrected chi connectivity index (χ2v) is 6.88. The van der Waals surface area contributed by atoms with Crippen molar-refractivity contribution in [1.82, 2.24) is 0 Å². The molecular weight excluding hydrogens is 248 g/mol. The molecule has 2 nitrogen and oxygen atoms in total. The van der Waals surface area contributed by atoms with Gasteiger partial charge >= 0.3 is 0 Å². The fourth-order valence-electron chi connectivity index (χ4n) is 3.50. The smallest absolute Gasteiger partial charge is 0.104 e. The molecule has 1 heterocycles. The highest BCUT2D eigenvalue weighted by atomic mass is 16.6. The lowest BCUT2D eigenvalue weighted by atomic mass is 9.81. The summed E-state index contributed by atoms with van der Waals surface area (Å²) >= 11 is 0. The second kappa shape index (κ2) is 9.04. The third-order valence-electron chi connectivity index (χ3n) is 4.98. The van der Waals surface area contributed by atoms with Crippen LogP contribution in [0.2, 0.25) is 0 Å². The van der Waals surface area contributed by atoms with Crippen molar-refractivity contribution in [3.8, 4) is 0 Å². The molecule has 0 radical (unpaired) electrons. The van der Waals surface area contributed by atoms with Gasteiger partial charge in [-0.1, -0.05) is 71.1 Å². The molecule has 1 unspecified atom stereocenters. The fourth-order valence-corrected chi connectivity index (χ4v) is 3.50. The van der Waals surface area contributed by atoms with Crippen LogP contribution in [0.25, 0.3) is 0 Å². The van der Waals surface area contributed by atoms with Crippen LogP contribution in [0.5, 0.6) is 0 Å². The summed E-state index contributed by atoms with van der Waals surface area (Å²) in [5, 5.41) is 0. The van der Waals surface area contributed by atoms with E-state index >= 15 is 0 Å². The molecule has 1 aliphatic carbocycles. The van der Waals surface area contributed by atoms with Gasteiger partial charge in [0, 0.05) is 0 Å². The zero-order chi connectivity index (χ0) is 14.1. The molecule has 1 aliphatic heterocycles. The largest absolute Gasteiger partial charge is 0.372 e. The Morgan fingerprint density at radius 3 is 2.25 bits per heavy atom. The minimum absolute atomic E-state index is 0.216. The van der Waals surface area contributed by atoms with Crippen LogP contribution in [0.4, 0.5) is 0 Å². The van der Waals surface area contributed by atoms with Gasteiger partial charge in [0.2, 0.25) is 0 Å². The standard InChI is InChI=1S/C18H34O2/c1-2-3-4-5-6-7-9-12-18(13-10-8-11-14-18)20-16-17-15-19-17/h17H,2-16H2,1H3. The Morgan fingerprint density at radius 2 is 1.60 bits per heavy atom. The van der Waals surface area contributed by atoms with E-state index in [0.717, 1.165) is 13.2 Å². The first-order chi connectivity index (χ1) is 9.85. The first kappa shape index (κ1) is 16.3. The van der Waals surface area contributed by atoms with Gasteiger partial charge in [-0.25, -0.2) is 0 Å². The summed E-state index contributed by atoms with van der Waals surface area (Å²) in [7, 11) is 0. The molecule has 2 aliphatic rings. The van der Waals surface area contributed by atoms with E-state index in [4.69, 9.17) is 9.47 Å². The third kappa shape index (κ3) is 6.13. The Labute approximate surface area is 125 Å². The van der Waals surface area contributed by atoms with Crippen molar-refractivity contribution < 1.29 is 9.47 Å². The molecule has 2 fully saturated rings. The molecule has 1 saturated carbocycles. The van der Waals surface area contributed by atoms with Crippen molar-refractivity contribution in [3.05, 3.63) is 0 Å². The van der Waals surface area contributed by atoms with Crippen LogP contribution in [0.15, 0.2) is 0 Å². The van der Waals surface area contributed by atoms with Crippen molar-refractivity contribution in [2.24, 2.45) is 0 Å². The van der Waals surface area contributed by atoms with Gasteiger partial charge < -0.3 is 9.47 Å². The molecule has 1 saturated heterocycles. The second-order valence-electron chi connectivity index (χ2n) is 6.88. The van der Waals surface area contributed by atoms with Gasteiger partial charge in [-0.2, -0.15) is 0 Å². The van der Waals surface area contributed by atoms with Gasteiger partial charge in [0.15, 0.2) is 0 Å². The minimum atomic E-state index is 0.216. The van der Waals surface area contributed by atoms with E-state index in [1.54, 1.807) is 0 Å². The van der Waals surface area contributed by atoms with E-state index in [2.05, 4.69) is 6.92 Å². The van der Waals surface area contributed by atoms with Gasteiger partial charge in [-0.3, -0.25) is 0 Å². The Morgan fingerprint density at radius 1 is 0.950 bits per heavy atom. The summed E-state index contributed by atoms with van der Waals surface area (Å²) in [6, 6.07) is 0. The minimum Gasteiger partial charge on any atom is -0.372 e. The number of hydrogen-bond acceptors (Lipinski definition) is 2. The molecule has 0 aromatic rings. The van der Waals surface area contributed by atoms with Crippen LogP contribution in [0, 0.1) is 0 Å². The van der Waals surface area contributed by atoms with Crippen LogP contribution < -0.4 is 0 Å². The van der Waals surface area contributed by atoms with Crippen LogP contribution in [-0.2, 0) is 9.47 Å². The van der Waals surface area contributed by atoms with E-state index in [1.165, 1.54) is 83.5 Å². The van der Waals surface area contributed by atoms with E-state index in [-0.39, 0.29) is 5.60 Å². The van der Waals surface area contributed by atoms with Crippen molar-refractivity contribution in [1.29, 1.82) is 0 Å². The number of hydrogen-bond donors (Lipinski definition) is 0. The molecule has 0 aromatic heterocycles. The summed E-state index contributed by atoms with van der Waals surface area (Å²) in [5.41, 5.74) is 0.216. The van der Waals surface area contributed by atoms with Crippen LogP contribution in [0.3, 0.4) is 0 Å². The molecule has 0 spiro atoms. The maximum atomic E-state index is 6.31. The first-order valence-electron chi connectivity index (χ1n) is 9.10. The van der Waals surface area contributed by atoms with Gasteiger partial charge in [0.1, 0.15) is 6.10 Å². The van der Waals surface area contributed by atoms with E-state index in [0.29, 0.717) is 6.10 Å². The molecular formula is C18H34O2. The fraction of sp³-hybridized carbons (Fsp3) is 1.00. The number of epoxide rings is 1. The lowest BCUT2D eigenvalue weighted by Crippen LogP contribution is -2.36. The summed E-state index contributed by atoms with van der Waals surface area (Å²) in [6.07, 6.45) is 18.2. The molecule has 2 rings (SSSR count). The zero-order valence-corrected chi connectivity index (χ0v) is 13.5. The lowest BCUT2D eigenvalue weighted by molar-refractivity contribution is -0.0815. The van der Waals surface area contributed by atoms with E-state index in [9.17, 15) is 0 Å². The summed E-state index contributed by atoms with van der Waals surface area (Å²) < 4.78 is 11.6. The van der Waals surface area contributed by atoms with Crippen molar-refractivity contribution >= 4 is 0 Å². The van der Waals surface area contributed by atoms with Crippen LogP contribution in [0.1, 0.15) is 90.4 Å². The molecule has 0 amide bonds. The van der Waals surface area contributed by atoms with Gasteiger partial charge in [-0.15, -0.1) is 0 Å². The Hall–Kier alpha value is -0.0800. The highest BCUT2D eigenvalue weighted by molar-refractivity contribution is 4.85. The monoisotopic (exact) mass is 282 g/mol. The van der Waals surface area contributed by atoms with Gasteiger partial charge in [0.25, 0.3) is 0 Å². The number of unbranched alkanes of at least 4 members (excludes halogenated alkanes) is 6. The predicted molar refractivity (Wildman–Crippen MR) is 84.1 cm³/mol.